The van der Waals surface area contributed by atoms with Gasteiger partial charge in [-0.05, 0) is 45.0 Å². The SMILES string of the molecule is CC(C)(C)n1c2ccccc2c2c3oc4ccccc4c3ccc21. The number of hydrogen-bond donors (Lipinski definition) is 0. The topological polar surface area (TPSA) is 18.1 Å². The van der Waals surface area contributed by atoms with Crippen molar-refractivity contribution in [1.82, 2.24) is 4.57 Å². The fraction of sp³-hybridized carbons (Fsp3) is 0.182. The summed E-state index contributed by atoms with van der Waals surface area (Å²) in [6, 6.07) is 21.3. The van der Waals surface area contributed by atoms with Gasteiger partial charge in [-0.3, -0.25) is 0 Å². The molecule has 2 heterocycles. The van der Waals surface area contributed by atoms with Crippen LogP contribution in [0.5, 0.6) is 0 Å². The molecule has 2 heteroatoms. The molecule has 5 aromatic rings. The molecule has 0 saturated heterocycles. The van der Waals surface area contributed by atoms with Gasteiger partial charge in [-0.25, -0.2) is 0 Å². The molecule has 0 atom stereocenters. The van der Waals surface area contributed by atoms with Crippen molar-refractivity contribution < 1.29 is 4.42 Å². The van der Waals surface area contributed by atoms with Crippen molar-refractivity contribution in [1.29, 1.82) is 0 Å². The average molecular weight is 313 g/mol. The lowest BCUT2D eigenvalue weighted by Crippen LogP contribution is -2.21. The summed E-state index contributed by atoms with van der Waals surface area (Å²) >= 11 is 0. The maximum Gasteiger partial charge on any atom is 0.145 e. The molecule has 5 rings (SSSR count). The van der Waals surface area contributed by atoms with Gasteiger partial charge in [0.05, 0.1) is 10.9 Å². The van der Waals surface area contributed by atoms with Crippen molar-refractivity contribution >= 4 is 43.7 Å². The third-order valence-corrected chi connectivity index (χ3v) is 4.85. The van der Waals surface area contributed by atoms with Crippen LogP contribution in [0.15, 0.2) is 65.1 Å². The van der Waals surface area contributed by atoms with Crippen LogP contribution in [0.2, 0.25) is 0 Å². The Bertz CT molecular complexity index is 1230. The molecule has 0 N–H and O–H groups in total. The quantitative estimate of drug-likeness (QED) is 0.321. The van der Waals surface area contributed by atoms with Gasteiger partial charge in [0.2, 0.25) is 0 Å². The molecule has 0 fully saturated rings. The summed E-state index contributed by atoms with van der Waals surface area (Å²) in [6.07, 6.45) is 0. The van der Waals surface area contributed by atoms with Gasteiger partial charge < -0.3 is 8.98 Å². The van der Waals surface area contributed by atoms with Gasteiger partial charge in [0.25, 0.3) is 0 Å². The standard InChI is InChI=1S/C22H19NO/c1-22(2,3)23-17-10-6-4-9-16(17)20-18(23)13-12-15-14-8-5-7-11-19(14)24-21(15)20/h4-13H,1-3H3. The first-order valence-electron chi connectivity index (χ1n) is 8.39. The molecule has 2 aromatic heterocycles. The van der Waals surface area contributed by atoms with Gasteiger partial charge in [0, 0.05) is 27.2 Å². The molecular weight excluding hydrogens is 294 g/mol. The summed E-state index contributed by atoms with van der Waals surface area (Å²) < 4.78 is 8.71. The lowest BCUT2D eigenvalue weighted by molar-refractivity contribution is 0.423. The lowest BCUT2D eigenvalue weighted by Gasteiger charge is -2.24. The van der Waals surface area contributed by atoms with Crippen molar-refractivity contribution in [3.8, 4) is 0 Å². The number of nitrogens with zero attached hydrogens (tertiary/aromatic N) is 1. The van der Waals surface area contributed by atoms with E-state index in [-0.39, 0.29) is 5.54 Å². The maximum atomic E-state index is 6.29. The highest BCUT2D eigenvalue weighted by Gasteiger charge is 2.23. The summed E-state index contributed by atoms with van der Waals surface area (Å²) in [4.78, 5) is 0. The third kappa shape index (κ3) is 1.66. The zero-order chi connectivity index (χ0) is 16.5. The fourth-order valence-electron chi connectivity index (χ4n) is 3.96. The molecule has 0 aliphatic heterocycles. The lowest BCUT2D eigenvalue weighted by atomic mass is 10.1. The second-order valence-corrected chi connectivity index (χ2v) is 7.46. The van der Waals surface area contributed by atoms with Crippen molar-refractivity contribution in [3.63, 3.8) is 0 Å². The van der Waals surface area contributed by atoms with Gasteiger partial charge in [-0.15, -0.1) is 0 Å². The largest absolute Gasteiger partial charge is 0.455 e. The number of benzene rings is 3. The fourth-order valence-corrected chi connectivity index (χ4v) is 3.96. The average Bonchev–Trinajstić information content (AvgIpc) is 3.09. The number of hydrogen-bond acceptors (Lipinski definition) is 1. The molecule has 24 heavy (non-hydrogen) atoms. The van der Waals surface area contributed by atoms with Crippen molar-refractivity contribution in [3.05, 3.63) is 60.7 Å². The van der Waals surface area contributed by atoms with Gasteiger partial charge in [0.1, 0.15) is 11.2 Å². The molecule has 0 spiro atoms. The Morgan fingerprint density at radius 3 is 2.21 bits per heavy atom. The Kier molecular flexibility index (Phi) is 2.52. The molecule has 0 saturated carbocycles. The first-order valence-corrected chi connectivity index (χ1v) is 8.39. The molecular formula is C22H19NO. The summed E-state index contributed by atoms with van der Waals surface area (Å²) in [5.41, 5.74) is 4.44. The molecule has 0 aliphatic carbocycles. The highest BCUT2D eigenvalue weighted by molar-refractivity contribution is 6.23. The van der Waals surface area contributed by atoms with Crippen LogP contribution in [0.1, 0.15) is 20.8 Å². The molecule has 0 amide bonds. The number of para-hydroxylation sites is 2. The number of aromatic nitrogens is 1. The maximum absolute atomic E-state index is 6.29. The van der Waals surface area contributed by atoms with Crippen LogP contribution in [0, 0.1) is 0 Å². The Morgan fingerprint density at radius 1 is 0.708 bits per heavy atom. The van der Waals surface area contributed by atoms with E-state index in [0.29, 0.717) is 0 Å². The highest BCUT2D eigenvalue weighted by atomic mass is 16.3. The number of rotatable bonds is 0. The molecule has 118 valence electrons. The van der Waals surface area contributed by atoms with E-state index in [1.54, 1.807) is 0 Å². The van der Waals surface area contributed by atoms with Crippen LogP contribution in [-0.4, -0.2) is 4.57 Å². The Balaban J connectivity index is 2.11. The van der Waals surface area contributed by atoms with Crippen molar-refractivity contribution in [2.45, 2.75) is 26.3 Å². The molecule has 0 bridgehead atoms. The summed E-state index contributed by atoms with van der Waals surface area (Å²) in [5, 5.41) is 4.85. The van der Waals surface area contributed by atoms with E-state index in [9.17, 15) is 0 Å². The molecule has 2 nitrogen and oxygen atoms in total. The third-order valence-electron chi connectivity index (χ3n) is 4.85. The zero-order valence-corrected chi connectivity index (χ0v) is 14.1. The van der Waals surface area contributed by atoms with E-state index >= 15 is 0 Å². The summed E-state index contributed by atoms with van der Waals surface area (Å²) in [5.74, 6) is 0. The van der Waals surface area contributed by atoms with E-state index in [1.165, 1.54) is 32.6 Å². The van der Waals surface area contributed by atoms with E-state index in [2.05, 4.69) is 73.9 Å². The first kappa shape index (κ1) is 13.7. The summed E-state index contributed by atoms with van der Waals surface area (Å²) in [7, 11) is 0. The van der Waals surface area contributed by atoms with Gasteiger partial charge in [-0.2, -0.15) is 0 Å². The van der Waals surface area contributed by atoms with E-state index in [4.69, 9.17) is 4.42 Å². The monoisotopic (exact) mass is 313 g/mol. The minimum absolute atomic E-state index is 0.00104. The van der Waals surface area contributed by atoms with Gasteiger partial charge in [0.15, 0.2) is 0 Å². The van der Waals surface area contributed by atoms with Gasteiger partial charge >= 0.3 is 0 Å². The minimum Gasteiger partial charge on any atom is -0.455 e. The van der Waals surface area contributed by atoms with E-state index in [0.717, 1.165) is 11.2 Å². The Labute approximate surface area is 140 Å². The van der Waals surface area contributed by atoms with Crippen LogP contribution in [-0.2, 0) is 5.54 Å². The molecule has 0 unspecified atom stereocenters. The normalized spacial score (nSPS) is 12.8. The molecule has 0 radical (unpaired) electrons. The van der Waals surface area contributed by atoms with Crippen molar-refractivity contribution in [2.24, 2.45) is 0 Å². The predicted molar refractivity (Wildman–Crippen MR) is 102 cm³/mol. The van der Waals surface area contributed by atoms with Gasteiger partial charge in [-0.1, -0.05) is 36.4 Å². The van der Waals surface area contributed by atoms with E-state index < -0.39 is 0 Å². The van der Waals surface area contributed by atoms with Crippen LogP contribution in [0.4, 0.5) is 0 Å². The smallest absolute Gasteiger partial charge is 0.145 e. The second kappa shape index (κ2) is 4.41. The Morgan fingerprint density at radius 2 is 1.42 bits per heavy atom. The first-order chi connectivity index (χ1) is 11.6. The predicted octanol–water partition coefficient (Wildman–Crippen LogP) is 6.45. The van der Waals surface area contributed by atoms with E-state index in [1.807, 2.05) is 12.1 Å². The van der Waals surface area contributed by atoms with Crippen molar-refractivity contribution in [2.75, 3.05) is 0 Å². The van der Waals surface area contributed by atoms with Crippen LogP contribution in [0.3, 0.4) is 0 Å². The summed E-state index contributed by atoms with van der Waals surface area (Å²) in [6.45, 7) is 6.76. The number of fused-ring (bicyclic) bond motifs is 7. The van der Waals surface area contributed by atoms with Crippen LogP contribution >= 0.6 is 0 Å². The highest BCUT2D eigenvalue weighted by Crippen LogP contribution is 2.41. The zero-order valence-electron chi connectivity index (χ0n) is 14.1. The second-order valence-electron chi connectivity index (χ2n) is 7.46. The minimum atomic E-state index is 0.00104. The van der Waals surface area contributed by atoms with Crippen LogP contribution in [0.25, 0.3) is 43.7 Å². The molecule has 0 aliphatic rings. The number of furan rings is 1. The molecule has 3 aromatic carbocycles. The Hall–Kier alpha value is -2.74. The van der Waals surface area contributed by atoms with Crippen LogP contribution < -0.4 is 0 Å².